The average Bonchev–Trinajstić information content (AvgIpc) is 2.82. The van der Waals surface area contributed by atoms with E-state index in [-0.39, 0.29) is 5.56 Å². The molecule has 0 unspecified atom stereocenters. The summed E-state index contributed by atoms with van der Waals surface area (Å²) in [5.74, 6) is -0.725. The third-order valence-corrected chi connectivity index (χ3v) is 4.98. The van der Waals surface area contributed by atoms with Gasteiger partial charge in [0.25, 0.3) is 5.91 Å². The molecule has 0 aliphatic heterocycles. The summed E-state index contributed by atoms with van der Waals surface area (Å²) in [5, 5.41) is 0.572. The molecule has 0 saturated heterocycles. The molecule has 0 fully saturated rings. The maximum atomic E-state index is 12.8. The molecule has 0 spiro atoms. The van der Waals surface area contributed by atoms with Crippen LogP contribution in [0.5, 0.6) is 0 Å². The molecule has 25 heavy (non-hydrogen) atoms. The minimum absolute atomic E-state index is 0.109. The highest BCUT2D eigenvalue weighted by molar-refractivity contribution is 7.16. The van der Waals surface area contributed by atoms with Gasteiger partial charge in [-0.1, -0.05) is 29.0 Å². The second kappa shape index (κ2) is 6.31. The molecule has 1 heterocycles. The molecule has 0 bridgehead atoms. The molecule has 1 aromatic heterocycles. The van der Waals surface area contributed by atoms with Gasteiger partial charge in [0.05, 0.1) is 15.8 Å². The number of aromatic nitrogens is 1. The fourth-order valence-electron chi connectivity index (χ4n) is 2.55. The van der Waals surface area contributed by atoms with E-state index in [0.717, 1.165) is 27.9 Å². The van der Waals surface area contributed by atoms with Crippen molar-refractivity contribution in [3.05, 3.63) is 62.9 Å². The highest BCUT2D eigenvalue weighted by Gasteiger charge is 2.30. The summed E-state index contributed by atoms with van der Waals surface area (Å²) < 4.78 is 40.9. The lowest BCUT2D eigenvalue weighted by Crippen LogP contribution is -2.14. The van der Waals surface area contributed by atoms with Crippen molar-refractivity contribution in [1.82, 2.24) is 4.57 Å². The molecule has 1 amide bonds. The Morgan fingerprint density at radius 3 is 2.64 bits per heavy atom. The Labute approximate surface area is 150 Å². The number of rotatable bonds is 1. The van der Waals surface area contributed by atoms with E-state index >= 15 is 0 Å². The predicted molar refractivity (Wildman–Crippen MR) is 91.9 cm³/mol. The standard InChI is InChI=1S/C17H12ClF3N2OS/c1-9-6-12(18)8-13-14(9)23(2)16(25-13)22-15(24)10-4-3-5-11(7-10)17(19,20)21/h3-8H,1-2H3. The van der Waals surface area contributed by atoms with Crippen LogP contribution in [0.1, 0.15) is 21.5 Å². The molecule has 0 N–H and O–H groups in total. The molecule has 3 rings (SSSR count). The number of hydrogen-bond donors (Lipinski definition) is 0. The second-order valence-electron chi connectivity index (χ2n) is 5.51. The monoisotopic (exact) mass is 384 g/mol. The van der Waals surface area contributed by atoms with Crippen molar-refractivity contribution < 1.29 is 18.0 Å². The molecule has 2 aromatic carbocycles. The summed E-state index contributed by atoms with van der Waals surface area (Å²) in [6.45, 7) is 1.89. The fourth-order valence-corrected chi connectivity index (χ4v) is 4.02. The van der Waals surface area contributed by atoms with Gasteiger partial charge in [0.1, 0.15) is 0 Å². The zero-order chi connectivity index (χ0) is 18.4. The summed E-state index contributed by atoms with van der Waals surface area (Å²) in [4.78, 5) is 16.7. The molecule has 0 saturated carbocycles. The highest BCUT2D eigenvalue weighted by Crippen LogP contribution is 2.29. The quantitative estimate of drug-likeness (QED) is 0.583. The maximum absolute atomic E-state index is 12.8. The van der Waals surface area contributed by atoms with Gasteiger partial charge in [-0.05, 0) is 42.8 Å². The van der Waals surface area contributed by atoms with Crippen molar-refractivity contribution in [2.45, 2.75) is 13.1 Å². The Balaban J connectivity index is 2.10. The number of nitrogens with zero attached hydrogens (tertiary/aromatic N) is 2. The summed E-state index contributed by atoms with van der Waals surface area (Å²) in [7, 11) is 1.75. The third-order valence-electron chi connectivity index (χ3n) is 3.69. The molecule has 0 atom stereocenters. The summed E-state index contributed by atoms with van der Waals surface area (Å²) in [6.07, 6.45) is -4.51. The van der Waals surface area contributed by atoms with Gasteiger partial charge in [-0.25, -0.2) is 0 Å². The topological polar surface area (TPSA) is 34.4 Å². The Bertz CT molecular complexity index is 1050. The SMILES string of the molecule is Cc1cc(Cl)cc2sc(=NC(=O)c3cccc(C(F)(F)F)c3)n(C)c12. The number of amides is 1. The van der Waals surface area contributed by atoms with Crippen LogP contribution in [0.3, 0.4) is 0 Å². The van der Waals surface area contributed by atoms with Gasteiger partial charge in [-0.2, -0.15) is 18.2 Å². The highest BCUT2D eigenvalue weighted by atomic mass is 35.5. The summed E-state index contributed by atoms with van der Waals surface area (Å²) in [5.41, 5.74) is 0.818. The van der Waals surface area contributed by atoms with Crippen LogP contribution in [-0.2, 0) is 13.2 Å². The average molecular weight is 385 g/mol. The minimum atomic E-state index is -4.51. The number of halogens is 4. The number of carbonyl (C=O) groups is 1. The third kappa shape index (κ3) is 3.48. The van der Waals surface area contributed by atoms with E-state index in [0.29, 0.717) is 9.82 Å². The van der Waals surface area contributed by atoms with E-state index < -0.39 is 17.6 Å². The van der Waals surface area contributed by atoms with Crippen LogP contribution in [0.2, 0.25) is 5.02 Å². The Morgan fingerprint density at radius 2 is 1.96 bits per heavy atom. The first-order valence-electron chi connectivity index (χ1n) is 7.19. The molecular formula is C17H12ClF3N2OS. The lowest BCUT2D eigenvalue weighted by Gasteiger charge is -2.06. The molecule has 0 radical (unpaired) electrons. The number of alkyl halides is 3. The van der Waals surface area contributed by atoms with Gasteiger partial charge in [0, 0.05) is 17.6 Å². The van der Waals surface area contributed by atoms with Gasteiger partial charge >= 0.3 is 6.18 Å². The smallest absolute Gasteiger partial charge is 0.319 e. The number of aryl methyl sites for hydroxylation is 2. The van der Waals surface area contributed by atoms with Crippen LogP contribution in [0.25, 0.3) is 10.2 Å². The van der Waals surface area contributed by atoms with Crippen LogP contribution in [0.4, 0.5) is 13.2 Å². The van der Waals surface area contributed by atoms with E-state index in [1.807, 2.05) is 6.92 Å². The Morgan fingerprint density at radius 1 is 1.24 bits per heavy atom. The van der Waals surface area contributed by atoms with Crippen molar-refractivity contribution in [3.8, 4) is 0 Å². The molecule has 3 nitrogen and oxygen atoms in total. The molecular weight excluding hydrogens is 373 g/mol. The van der Waals surface area contributed by atoms with Crippen LogP contribution in [0, 0.1) is 6.92 Å². The van der Waals surface area contributed by atoms with E-state index in [1.165, 1.54) is 23.5 Å². The fraction of sp³-hybridized carbons (Fsp3) is 0.176. The van der Waals surface area contributed by atoms with Crippen LogP contribution in [-0.4, -0.2) is 10.5 Å². The lowest BCUT2D eigenvalue weighted by molar-refractivity contribution is -0.137. The van der Waals surface area contributed by atoms with Gasteiger partial charge in [0.15, 0.2) is 4.80 Å². The van der Waals surface area contributed by atoms with E-state index in [4.69, 9.17) is 11.6 Å². The number of thiazole rings is 1. The second-order valence-corrected chi connectivity index (χ2v) is 6.95. The van der Waals surface area contributed by atoms with E-state index in [1.54, 1.807) is 23.7 Å². The molecule has 0 aliphatic carbocycles. The first-order chi connectivity index (χ1) is 11.7. The van der Waals surface area contributed by atoms with Gasteiger partial charge < -0.3 is 4.57 Å². The van der Waals surface area contributed by atoms with Crippen LogP contribution >= 0.6 is 22.9 Å². The molecule has 0 aliphatic rings. The van der Waals surface area contributed by atoms with Gasteiger partial charge in [0.2, 0.25) is 0 Å². The zero-order valence-electron chi connectivity index (χ0n) is 13.2. The summed E-state index contributed by atoms with van der Waals surface area (Å²) in [6, 6.07) is 7.80. The Hall–Kier alpha value is -2.12. The zero-order valence-corrected chi connectivity index (χ0v) is 14.8. The normalized spacial score (nSPS) is 12.8. The van der Waals surface area contributed by atoms with Gasteiger partial charge in [-0.3, -0.25) is 4.79 Å². The lowest BCUT2D eigenvalue weighted by atomic mass is 10.1. The first kappa shape index (κ1) is 17.7. The van der Waals surface area contributed by atoms with Crippen molar-refractivity contribution in [3.63, 3.8) is 0 Å². The molecule has 3 aromatic rings. The van der Waals surface area contributed by atoms with Crippen LogP contribution < -0.4 is 4.80 Å². The van der Waals surface area contributed by atoms with E-state index in [2.05, 4.69) is 4.99 Å². The molecule has 8 heteroatoms. The molecule has 130 valence electrons. The van der Waals surface area contributed by atoms with Gasteiger partial charge in [-0.15, -0.1) is 0 Å². The number of carbonyl (C=O) groups excluding carboxylic acids is 1. The van der Waals surface area contributed by atoms with Crippen molar-refractivity contribution in [2.75, 3.05) is 0 Å². The predicted octanol–water partition coefficient (Wildman–Crippen LogP) is 4.96. The number of hydrogen-bond acceptors (Lipinski definition) is 2. The summed E-state index contributed by atoms with van der Waals surface area (Å²) >= 11 is 7.29. The van der Waals surface area contributed by atoms with E-state index in [9.17, 15) is 18.0 Å². The number of fused-ring (bicyclic) bond motifs is 1. The van der Waals surface area contributed by atoms with Crippen molar-refractivity contribution >= 4 is 39.1 Å². The Kier molecular flexibility index (Phi) is 4.47. The van der Waals surface area contributed by atoms with Crippen LogP contribution in [0.15, 0.2) is 41.4 Å². The minimum Gasteiger partial charge on any atom is -0.319 e. The first-order valence-corrected chi connectivity index (χ1v) is 8.38. The maximum Gasteiger partial charge on any atom is 0.416 e. The largest absolute Gasteiger partial charge is 0.416 e. The van der Waals surface area contributed by atoms with Crippen molar-refractivity contribution in [1.29, 1.82) is 0 Å². The van der Waals surface area contributed by atoms with Crippen molar-refractivity contribution in [2.24, 2.45) is 12.0 Å². The number of benzene rings is 2.